The number of amides is 2. The smallest absolute Gasteiger partial charge is 0.243 e. The van der Waals surface area contributed by atoms with Gasteiger partial charge >= 0.3 is 0 Å². The fourth-order valence-corrected chi connectivity index (χ4v) is 2.11. The van der Waals surface area contributed by atoms with Gasteiger partial charge in [-0.2, -0.15) is 0 Å². The van der Waals surface area contributed by atoms with Crippen LogP contribution in [-0.2, 0) is 16.0 Å². The lowest BCUT2D eigenvalue weighted by Crippen LogP contribution is -2.36. The van der Waals surface area contributed by atoms with Crippen LogP contribution >= 0.6 is 0 Å². The van der Waals surface area contributed by atoms with E-state index in [2.05, 4.69) is 10.5 Å². The monoisotopic (exact) mass is 319 g/mol. The van der Waals surface area contributed by atoms with Gasteiger partial charge in [0.15, 0.2) is 0 Å². The second-order valence-electron chi connectivity index (χ2n) is 5.29. The lowest BCUT2D eigenvalue weighted by molar-refractivity contribution is -0.132. The zero-order valence-corrected chi connectivity index (χ0v) is 13.2. The van der Waals surface area contributed by atoms with Crippen LogP contribution < -0.4 is 5.32 Å². The Kier molecular flexibility index (Phi) is 5.10. The normalized spacial score (nSPS) is 10.4. The molecule has 0 radical (unpaired) electrons. The van der Waals surface area contributed by atoms with Crippen LogP contribution in [0.25, 0.3) is 0 Å². The van der Waals surface area contributed by atoms with Gasteiger partial charge in [0.05, 0.1) is 18.7 Å². The van der Waals surface area contributed by atoms with E-state index in [1.807, 2.05) is 0 Å². The molecule has 6 nitrogen and oxygen atoms in total. The van der Waals surface area contributed by atoms with E-state index in [0.717, 1.165) is 5.56 Å². The molecule has 0 bridgehead atoms. The zero-order chi connectivity index (χ0) is 17.0. The number of hydrogen-bond donors (Lipinski definition) is 1. The van der Waals surface area contributed by atoms with E-state index in [-0.39, 0.29) is 18.9 Å². The number of anilines is 1. The highest BCUT2D eigenvalue weighted by molar-refractivity contribution is 5.94. The number of nitrogens with one attached hydrogen (secondary N) is 1. The Morgan fingerprint density at radius 2 is 2.09 bits per heavy atom. The molecule has 0 aliphatic carbocycles. The van der Waals surface area contributed by atoms with E-state index >= 15 is 0 Å². The summed E-state index contributed by atoms with van der Waals surface area (Å²) in [6, 6.07) is 5.57. The van der Waals surface area contributed by atoms with Gasteiger partial charge in [-0.05, 0) is 32.0 Å². The molecule has 0 fully saturated rings. The van der Waals surface area contributed by atoms with E-state index in [1.54, 1.807) is 19.9 Å². The molecule has 1 aromatic heterocycles. The molecule has 2 amide bonds. The molecule has 1 heterocycles. The second kappa shape index (κ2) is 7.04. The molecule has 0 unspecified atom stereocenters. The first-order valence-corrected chi connectivity index (χ1v) is 7.08. The lowest BCUT2D eigenvalue weighted by atomic mass is 10.1. The van der Waals surface area contributed by atoms with Crippen LogP contribution in [0.2, 0.25) is 0 Å². The molecule has 2 rings (SSSR count). The first-order chi connectivity index (χ1) is 10.9. The maximum Gasteiger partial charge on any atom is 0.243 e. The summed E-state index contributed by atoms with van der Waals surface area (Å²) in [7, 11) is 1.53. The quantitative estimate of drug-likeness (QED) is 0.915. The number of aryl methyl sites for hydroxylation is 2. The van der Waals surface area contributed by atoms with Gasteiger partial charge in [-0.3, -0.25) is 9.59 Å². The lowest BCUT2D eigenvalue weighted by Gasteiger charge is -2.16. The number of rotatable bonds is 5. The maximum atomic E-state index is 13.1. The molecule has 0 atom stereocenters. The summed E-state index contributed by atoms with van der Waals surface area (Å²) in [4.78, 5) is 25.4. The summed E-state index contributed by atoms with van der Waals surface area (Å²) in [6.45, 7) is 3.37. The fraction of sp³-hybridized carbons (Fsp3) is 0.312. The number of aromatic nitrogens is 1. The van der Waals surface area contributed by atoms with Crippen molar-refractivity contribution in [3.05, 3.63) is 47.1 Å². The number of hydrogen-bond acceptors (Lipinski definition) is 4. The van der Waals surface area contributed by atoms with Gasteiger partial charge in [0.1, 0.15) is 11.6 Å². The molecule has 2 aromatic rings. The van der Waals surface area contributed by atoms with Crippen molar-refractivity contribution < 1.29 is 18.5 Å². The number of likely N-dealkylation sites (N-methyl/N-ethyl adjacent to an activating group) is 1. The van der Waals surface area contributed by atoms with Crippen LogP contribution in [0, 0.1) is 19.7 Å². The van der Waals surface area contributed by atoms with Crippen molar-refractivity contribution in [3.63, 3.8) is 0 Å². The molecule has 23 heavy (non-hydrogen) atoms. The Hall–Kier alpha value is -2.70. The van der Waals surface area contributed by atoms with E-state index in [0.29, 0.717) is 17.1 Å². The Morgan fingerprint density at radius 1 is 1.35 bits per heavy atom. The first kappa shape index (κ1) is 16.7. The average molecular weight is 319 g/mol. The second-order valence-corrected chi connectivity index (χ2v) is 5.29. The number of nitrogens with zero attached hydrogens (tertiary/aromatic N) is 2. The molecule has 0 spiro atoms. The van der Waals surface area contributed by atoms with Crippen molar-refractivity contribution in [2.24, 2.45) is 0 Å². The Balaban J connectivity index is 1.91. The fourth-order valence-electron chi connectivity index (χ4n) is 2.11. The van der Waals surface area contributed by atoms with Gasteiger partial charge in [-0.25, -0.2) is 4.39 Å². The summed E-state index contributed by atoms with van der Waals surface area (Å²) in [5.74, 6) is -0.474. The molecule has 1 N–H and O–H groups in total. The minimum Gasteiger partial charge on any atom is -0.361 e. The third-order valence-electron chi connectivity index (χ3n) is 3.42. The molecule has 0 aliphatic rings. The minimum absolute atomic E-state index is 0.116. The predicted octanol–water partition coefficient (Wildman–Crippen LogP) is 2.07. The SMILES string of the molecule is Cc1noc(C)c1CC(=O)N(C)CC(=O)Nc1cccc(F)c1. The Morgan fingerprint density at radius 3 is 2.70 bits per heavy atom. The third-order valence-corrected chi connectivity index (χ3v) is 3.42. The highest BCUT2D eigenvalue weighted by Gasteiger charge is 2.18. The van der Waals surface area contributed by atoms with Gasteiger partial charge < -0.3 is 14.7 Å². The molecule has 7 heteroatoms. The van der Waals surface area contributed by atoms with E-state index in [4.69, 9.17) is 4.52 Å². The molecule has 0 saturated carbocycles. The van der Waals surface area contributed by atoms with Gasteiger partial charge in [-0.1, -0.05) is 11.2 Å². The van der Waals surface area contributed by atoms with Gasteiger partial charge in [-0.15, -0.1) is 0 Å². The van der Waals surface area contributed by atoms with Gasteiger partial charge in [0, 0.05) is 18.3 Å². The Bertz CT molecular complexity index is 708. The molecule has 0 saturated heterocycles. The summed E-state index contributed by atoms with van der Waals surface area (Å²) in [5, 5.41) is 6.34. The average Bonchev–Trinajstić information content (AvgIpc) is 2.78. The van der Waals surface area contributed by atoms with E-state index in [9.17, 15) is 14.0 Å². The Labute approximate surface area is 133 Å². The largest absolute Gasteiger partial charge is 0.361 e. The van der Waals surface area contributed by atoms with Crippen LogP contribution in [0.3, 0.4) is 0 Å². The van der Waals surface area contributed by atoms with Crippen LogP contribution in [0.5, 0.6) is 0 Å². The van der Waals surface area contributed by atoms with Crippen molar-refractivity contribution in [1.29, 1.82) is 0 Å². The van der Waals surface area contributed by atoms with Crippen molar-refractivity contribution in [2.45, 2.75) is 20.3 Å². The highest BCUT2D eigenvalue weighted by atomic mass is 19.1. The zero-order valence-electron chi connectivity index (χ0n) is 13.2. The maximum absolute atomic E-state index is 13.1. The topological polar surface area (TPSA) is 75.4 Å². The summed E-state index contributed by atoms with van der Waals surface area (Å²) in [5.41, 5.74) is 1.74. The van der Waals surface area contributed by atoms with E-state index < -0.39 is 11.7 Å². The molecule has 122 valence electrons. The minimum atomic E-state index is -0.439. The first-order valence-electron chi connectivity index (χ1n) is 7.08. The molecule has 0 aliphatic heterocycles. The molecule has 1 aromatic carbocycles. The van der Waals surface area contributed by atoms with Crippen LogP contribution in [-0.4, -0.2) is 35.5 Å². The van der Waals surface area contributed by atoms with Gasteiger partial charge in [0.2, 0.25) is 11.8 Å². The number of halogens is 1. The molecular formula is C16H18FN3O3. The standard InChI is InChI=1S/C16H18FN3O3/c1-10-14(11(2)23-19-10)8-16(22)20(3)9-15(21)18-13-6-4-5-12(17)7-13/h4-7H,8-9H2,1-3H3,(H,18,21). The van der Waals surface area contributed by atoms with Crippen LogP contribution in [0.15, 0.2) is 28.8 Å². The number of carbonyl (C=O) groups excluding carboxylic acids is 2. The highest BCUT2D eigenvalue weighted by Crippen LogP contribution is 2.14. The summed E-state index contributed by atoms with van der Waals surface area (Å²) < 4.78 is 18.1. The predicted molar refractivity (Wildman–Crippen MR) is 82.3 cm³/mol. The van der Waals surface area contributed by atoms with Crippen LogP contribution in [0.4, 0.5) is 10.1 Å². The van der Waals surface area contributed by atoms with Gasteiger partial charge in [0.25, 0.3) is 0 Å². The third kappa shape index (κ3) is 4.38. The van der Waals surface area contributed by atoms with E-state index in [1.165, 1.54) is 30.1 Å². The van der Waals surface area contributed by atoms with Crippen molar-refractivity contribution in [2.75, 3.05) is 18.9 Å². The van der Waals surface area contributed by atoms with Crippen molar-refractivity contribution in [1.82, 2.24) is 10.1 Å². The van der Waals surface area contributed by atoms with Crippen molar-refractivity contribution in [3.8, 4) is 0 Å². The number of carbonyl (C=O) groups is 2. The van der Waals surface area contributed by atoms with Crippen LogP contribution in [0.1, 0.15) is 17.0 Å². The number of benzene rings is 1. The summed E-state index contributed by atoms with van der Waals surface area (Å²) in [6.07, 6.45) is 0.116. The van der Waals surface area contributed by atoms with Crippen molar-refractivity contribution >= 4 is 17.5 Å². The molecular weight excluding hydrogens is 301 g/mol. The summed E-state index contributed by atoms with van der Waals surface area (Å²) >= 11 is 0.